The third-order valence-corrected chi connectivity index (χ3v) is 3.60. The fourth-order valence-electron chi connectivity index (χ4n) is 2.38. The highest BCUT2D eigenvalue weighted by atomic mass is 19.4. The van der Waals surface area contributed by atoms with Gasteiger partial charge in [-0.1, -0.05) is 32.9 Å². The molecule has 0 aliphatic heterocycles. The van der Waals surface area contributed by atoms with Crippen molar-refractivity contribution in [1.29, 1.82) is 0 Å². The molecule has 0 heterocycles. The number of aryl methyl sites for hydroxylation is 1. The lowest BCUT2D eigenvalue weighted by Gasteiger charge is -2.31. The first-order valence-electron chi connectivity index (χ1n) is 6.41. The molecular formula is C15H20F4O. The van der Waals surface area contributed by atoms with Crippen LogP contribution in [0.3, 0.4) is 0 Å². The third-order valence-electron chi connectivity index (χ3n) is 3.60. The van der Waals surface area contributed by atoms with Gasteiger partial charge in [0.1, 0.15) is 0 Å². The number of benzene rings is 1. The highest BCUT2D eigenvalue weighted by molar-refractivity contribution is 5.43. The maximum atomic E-state index is 14.0. The topological polar surface area (TPSA) is 9.23 Å². The molecule has 1 unspecified atom stereocenters. The Morgan fingerprint density at radius 2 is 1.75 bits per heavy atom. The van der Waals surface area contributed by atoms with Crippen molar-refractivity contribution >= 4 is 0 Å². The van der Waals surface area contributed by atoms with E-state index in [-0.39, 0.29) is 12.2 Å². The largest absolute Gasteiger partial charge is 0.493 e. The molecule has 0 aromatic heterocycles. The van der Waals surface area contributed by atoms with Gasteiger partial charge in [-0.05, 0) is 24.3 Å². The SMILES string of the molecule is COc1c(C(C)(C)CC(C)C(F)(F)F)ccc(C)c1F. The monoisotopic (exact) mass is 292 g/mol. The zero-order valence-corrected chi connectivity index (χ0v) is 12.4. The van der Waals surface area contributed by atoms with E-state index in [9.17, 15) is 17.6 Å². The van der Waals surface area contributed by atoms with Crippen molar-refractivity contribution < 1.29 is 22.3 Å². The minimum absolute atomic E-state index is 0.0318. The quantitative estimate of drug-likeness (QED) is 0.709. The third kappa shape index (κ3) is 3.44. The van der Waals surface area contributed by atoms with E-state index in [1.165, 1.54) is 7.11 Å². The van der Waals surface area contributed by atoms with Crippen LogP contribution in [0.25, 0.3) is 0 Å². The molecule has 1 aromatic carbocycles. The van der Waals surface area contributed by atoms with E-state index in [2.05, 4.69) is 0 Å². The second-order valence-electron chi connectivity index (χ2n) is 5.81. The second kappa shape index (κ2) is 5.62. The van der Waals surface area contributed by atoms with Crippen LogP contribution in [0, 0.1) is 18.7 Å². The molecule has 0 spiro atoms. The van der Waals surface area contributed by atoms with Crippen LogP contribution in [0.1, 0.15) is 38.3 Å². The second-order valence-corrected chi connectivity index (χ2v) is 5.81. The smallest absolute Gasteiger partial charge is 0.391 e. The molecule has 0 aliphatic rings. The molecule has 0 amide bonds. The van der Waals surface area contributed by atoms with Crippen LogP contribution in [-0.2, 0) is 5.41 Å². The zero-order chi connectivity index (χ0) is 15.7. The van der Waals surface area contributed by atoms with Crippen molar-refractivity contribution in [1.82, 2.24) is 0 Å². The van der Waals surface area contributed by atoms with Gasteiger partial charge < -0.3 is 4.74 Å². The minimum atomic E-state index is -4.26. The Morgan fingerprint density at radius 1 is 1.20 bits per heavy atom. The molecule has 0 saturated heterocycles. The first kappa shape index (κ1) is 16.8. The van der Waals surface area contributed by atoms with Gasteiger partial charge in [-0.15, -0.1) is 0 Å². The molecule has 0 saturated carbocycles. The Kier molecular flexibility index (Phi) is 4.72. The van der Waals surface area contributed by atoms with E-state index < -0.39 is 23.3 Å². The Morgan fingerprint density at radius 3 is 2.20 bits per heavy atom. The highest BCUT2D eigenvalue weighted by Crippen LogP contribution is 2.42. The predicted octanol–water partition coefficient (Wildman–Crippen LogP) is 5.01. The standard InChI is InChI=1S/C15H20F4O/c1-9-6-7-11(13(20-5)12(9)16)14(3,4)8-10(2)15(17,18)19/h6-7,10H,8H2,1-5H3. The van der Waals surface area contributed by atoms with Crippen molar-refractivity contribution in [2.24, 2.45) is 5.92 Å². The van der Waals surface area contributed by atoms with Crippen molar-refractivity contribution in [3.8, 4) is 5.75 Å². The van der Waals surface area contributed by atoms with E-state index in [0.717, 1.165) is 6.92 Å². The van der Waals surface area contributed by atoms with Gasteiger partial charge in [0, 0.05) is 5.56 Å². The average molecular weight is 292 g/mol. The molecule has 0 N–H and O–H groups in total. The lowest BCUT2D eigenvalue weighted by molar-refractivity contribution is -0.174. The van der Waals surface area contributed by atoms with Gasteiger partial charge in [0.2, 0.25) is 0 Å². The molecule has 1 aromatic rings. The Bertz CT molecular complexity index is 477. The molecule has 1 rings (SSSR count). The van der Waals surface area contributed by atoms with Crippen LogP contribution in [0.2, 0.25) is 0 Å². The maximum absolute atomic E-state index is 14.0. The molecule has 0 aliphatic carbocycles. The zero-order valence-electron chi connectivity index (χ0n) is 12.4. The van der Waals surface area contributed by atoms with Crippen molar-refractivity contribution in [2.75, 3.05) is 7.11 Å². The minimum Gasteiger partial charge on any atom is -0.493 e. The molecule has 114 valence electrons. The van der Waals surface area contributed by atoms with Crippen LogP contribution in [0.4, 0.5) is 17.6 Å². The van der Waals surface area contributed by atoms with Crippen LogP contribution >= 0.6 is 0 Å². The highest BCUT2D eigenvalue weighted by Gasteiger charge is 2.40. The number of alkyl halides is 3. The van der Waals surface area contributed by atoms with Crippen LogP contribution in [0.15, 0.2) is 12.1 Å². The lowest BCUT2D eigenvalue weighted by atomic mass is 9.76. The molecule has 0 radical (unpaired) electrons. The van der Waals surface area contributed by atoms with Gasteiger partial charge in [0.25, 0.3) is 0 Å². The molecule has 5 heteroatoms. The van der Waals surface area contributed by atoms with E-state index in [1.54, 1.807) is 32.9 Å². The van der Waals surface area contributed by atoms with E-state index >= 15 is 0 Å². The van der Waals surface area contributed by atoms with E-state index in [1.807, 2.05) is 0 Å². The normalized spacial score (nSPS) is 14.2. The predicted molar refractivity (Wildman–Crippen MR) is 70.6 cm³/mol. The van der Waals surface area contributed by atoms with Gasteiger partial charge in [-0.25, -0.2) is 4.39 Å². The molecule has 1 nitrogen and oxygen atoms in total. The number of ether oxygens (including phenoxy) is 1. The maximum Gasteiger partial charge on any atom is 0.391 e. The van der Waals surface area contributed by atoms with E-state index in [4.69, 9.17) is 4.74 Å². The van der Waals surface area contributed by atoms with Crippen molar-refractivity contribution in [3.05, 3.63) is 29.1 Å². The summed E-state index contributed by atoms with van der Waals surface area (Å²) in [5.74, 6) is -1.95. The summed E-state index contributed by atoms with van der Waals surface area (Å²) < 4.78 is 57.2. The van der Waals surface area contributed by atoms with Crippen molar-refractivity contribution in [3.63, 3.8) is 0 Å². The van der Waals surface area contributed by atoms with Crippen LogP contribution in [0.5, 0.6) is 5.75 Å². The van der Waals surface area contributed by atoms with Gasteiger partial charge in [0.05, 0.1) is 13.0 Å². The summed E-state index contributed by atoms with van der Waals surface area (Å²) in [6.45, 7) is 6.06. The van der Waals surface area contributed by atoms with Gasteiger partial charge in [0.15, 0.2) is 11.6 Å². The van der Waals surface area contributed by atoms with E-state index in [0.29, 0.717) is 11.1 Å². The molecule has 0 fully saturated rings. The Balaban J connectivity index is 3.19. The number of rotatable bonds is 4. The van der Waals surface area contributed by atoms with Crippen molar-refractivity contribution in [2.45, 2.75) is 45.7 Å². The summed E-state index contributed by atoms with van der Waals surface area (Å²) in [6, 6.07) is 3.20. The van der Waals surface area contributed by atoms with Crippen LogP contribution < -0.4 is 4.74 Å². The fraction of sp³-hybridized carbons (Fsp3) is 0.600. The molecule has 20 heavy (non-hydrogen) atoms. The molecular weight excluding hydrogens is 272 g/mol. The lowest BCUT2D eigenvalue weighted by Crippen LogP contribution is -2.29. The van der Waals surface area contributed by atoms with Gasteiger partial charge in [-0.3, -0.25) is 0 Å². The summed E-state index contributed by atoms with van der Waals surface area (Å²) in [4.78, 5) is 0. The van der Waals surface area contributed by atoms with Crippen LogP contribution in [-0.4, -0.2) is 13.3 Å². The number of methoxy groups -OCH3 is 1. The summed E-state index contributed by atoms with van der Waals surface area (Å²) in [5.41, 5.74) is 0.0268. The Hall–Kier alpha value is -1.26. The number of hydrogen-bond donors (Lipinski definition) is 0. The summed E-state index contributed by atoms with van der Waals surface area (Å²) in [7, 11) is 1.32. The summed E-state index contributed by atoms with van der Waals surface area (Å²) >= 11 is 0. The first-order valence-corrected chi connectivity index (χ1v) is 6.41. The molecule has 1 atom stereocenters. The number of hydrogen-bond acceptors (Lipinski definition) is 1. The first-order chi connectivity index (χ1) is 9.00. The Labute approximate surface area is 116 Å². The fourth-order valence-corrected chi connectivity index (χ4v) is 2.38. The average Bonchev–Trinajstić information content (AvgIpc) is 2.30. The van der Waals surface area contributed by atoms with Gasteiger partial charge >= 0.3 is 6.18 Å². The number of halogens is 4. The summed E-state index contributed by atoms with van der Waals surface area (Å²) in [6.07, 6.45) is -4.39. The summed E-state index contributed by atoms with van der Waals surface area (Å²) in [5, 5.41) is 0. The van der Waals surface area contributed by atoms with Gasteiger partial charge in [-0.2, -0.15) is 13.2 Å². The molecule has 0 bridgehead atoms.